The maximum atomic E-state index is 12.7. The lowest BCUT2D eigenvalue weighted by atomic mass is 10.1. The summed E-state index contributed by atoms with van der Waals surface area (Å²) in [6.07, 6.45) is 5.55. The predicted octanol–water partition coefficient (Wildman–Crippen LogP) is 2.54. The van der Waals surface area contributed by atoms with Crippen LogP contribution in [0.25, 0.3) is 0 Å². The lowest BCUT2D eigenvalue weighted by Crippen LogP contribution is -2.30. The highest BCUT2D eigenvalue weighted by molar-refractivity contribution is 7.09. The molecular formula is C15H18N4OS. The summed E-state index contributed by atoms with van der Waals surface area (Å²) in [7, 11) is 0. The topological polar surface area (TPSA) is 72.1 Å². The molecule has 1 fully saturated rings. The number of hydrogen-bond donors (Lipinski definition) is 1. The number of amides is 1. The number of likely N-dealkylation sites (tertiary alicyclic amines) is 1. The highest BCUT2D eigenvalue weighted by Gasteiger charge is 2.31. The molecule has 3 heterocycles. The zero-order valence-corrected chi connectivity index (χ0v) is 12.7. The van der Waals surface area contributed by atoms with Crippen molar-refractivity contribution in [2.45, 2.75) is 31.8 Å². The van der Waals surface area contributed by atoms with Crippen LogP contribution in [0.4, 0.5) is 0 Å². The van der Waals surface area contributed by atoms with Gasteiger partial charge < -0.3 is 10.6 Å². The number of thiazole rings is 1. The molecule has 3 rings (SSSR count). The van der Waals surface area contributed by atoms with Gasteiger partial charge in [-0.3, -0.25) is 9.78 Å². The lowest BCUT2D eigenvalue weighted by molar-refractivity contribution is 0.0730. The minimum absolute atomic E-state index is 0.00235. The molecule has 0 radical (unpaired) electrons. The van der Waals surface area contributed by atoms with Crippen LogP contribution in [0.3, 0.4) is 0 Å². The van der Waals surface area contributed by atoms with E-state index in [-0.39, 0.29) is 18.0 Å². The van der Waals surface area contributed by atoms with Crippen LogP contribution < -0.4 is 5.73 Å². The number of carbonyl (C=O) groups excluding carboxylic acids is 1. The van der Waals surface area contributed by atoms with Crippen molar-refractivity contribution in [3.05, 3.63) is 46.2 Å². The van der Waals surface area contributed by atoms with Gasteiger partial charge in [0.05, 0.1) is 12.1 Å². The number of carbonyl (C=O) groups is 1. The average molecular weight is 302 g/mol. The van der Waals surface area contributed by atoms with Gasteiger partial charge >= 0.3 is 0 Å². The summed E-state index contributed by atoms with van der Waals surface area (Å²) in [5, 5.41) is 2.61. The van der Waals surface area contributed by atoms with Crippen LogP contribution in [-0.2, 0) is 0 Å². The second kappa shape index (κ2) is 5.91. The first-order valence-corrected chi connectivity index (χ1v) is 7.96. The van der Waals surface area contributed by atoms with Crippen molar-refractivity contribution in [2.75, 3.05) is 6.54 Å². The molecule has 2 aromatic heterocycles. The number of nitrogens with two attached hydrogens (primary N) is 1. The molecule has 6 heteroatoms. The van der Waals surface area contributed by atoms with E-state index in [9.17, 15) is 4.79 Å². The summed E-state index contributed by atoms with van der Waals surface area (Å²) in [4.78, 5) is 23.0. The highest BCUT2D eigenvalue weighted by Crippen LogP contribution is 2.33. The summed E-state index contributed by atoms with van der Waals surface area (Å²) < 4.78 is 0. The quantitative estimate of drug-likeness (QED) is 0.945. The van der Waals surface area contributed by atoms with E-state index in [0.717, 1.165) is 30.0 Å². The average Bonchev–Trinajstić information content (AvgIpc) is 3.17. The number of pyridine rings is 1. The van der Waals surface area contributed by atoms with Crippen molar-refractivity contribution in [3.63, 3.8) is 0 Å². The summed E-state index contributed by atoms with van der Waals surface area (Å²) in [6.45, 7) is 2.65. The Kier molecular flexibility index (Phi) is 3.98. The number of nitrogens with zero attached hydrogens (tertiary/aromatic N) is 3. The Morgan fingerprint density at radius 2 is 2.24 bits per heavy atom. The van der Waals surface area contributed by atoms with E-state index in [0.29, 0.717) is 5.69 Å². The van der Waals surface area contributed by atoms with E-state index in [4.69, 9.17) is 5.73 Å². The fourth-order valence-electron chi connectivity index (χ4n) is 2.68. The van der Waals surface area contributed by atoms with E-state index in [1.165, 1.54) is 11.3 Å². The Hall–Kier alpha value is -1.79. The molecule has 110 valence electrons. The molecule has 2 N–H and O–H groups in total. The van der Waals surface area contributed by atoms with E-state index >= 15 is 0 Å². The minimum Gasteiger partial charge on any atom is -0.330 e. The van der Waals surface area contributed by atoms with Crippen molar-refractivity contribution < 1.29 is 4.79 Å². The molecular weight excluding hydrogens is 284 g/mol. The van der Waals surface area contributed by atoms with Crippen molar-refractivity contribution >= 4 is 17.2 Å². The highest BCUT2D eigenvalue weighted by atomic mass is 32.1. The number of rotatable bonds is 3. The van der Waals surface area contributed by atoms with Gasteiger partial charge in [0.1, 0.15) is 10.7 Å². The van der Waals surface area contributed by atoms with Gasteiger partial charge in [0, 0.05) is 24.3 Å². The first-order valence-electron chi connectivity index (χ1n) is 7.08. The Morgan fingerprint density at radius 1 is 1.48 bits per heavy atom. The Morgan fingerprint density at radius 3 is 2.90 bits per heavy atom. The van der Waals surface area contributed by atoms with Gasteiger partial charge in [-0.1, -0.05) is 0 Å². The number of aromatic nitrogens is 2. The second-order valence-electron chi connectivity index (χ2n) is 5.30. The van der Waals surface area contributed by atoms with Gasteiger partial charge in [0.25, 0.3) is 5.91 Å². The van der Waals surface area contributed by atoms with Crippen LogP contribution in [0, 0.1) is 0 Å². The molecule has 1 aliphatic heterocycles. The molecule has 0 aliphatic carbocycles. The van der Waals surface area contributed by atoms with Crippen LogP contribution in [0.1, 0.15) is 52.9 Å². The molecule has 5 nitrogen and oxygen atoms in total. The molecule has 1 saturated heterocycles. The smallest absolute Gasteiger partial charge is 0.273 e. The molecule has 2 unspecified atom stereocenters. The van der Waals surface area contributed by atoms with E-state index in [1.807, 2.05) is 29.3 Å². The minimum atomic E-state index is -0.133. The lowest BCUT2D eigenvalue weighted by Gasteiger charge is -2.24. The van der Waals surface area contributed by atoms with Gasteiger partial charge in [-0.15, -0.1) is 11.3 Å². The fourth-order valence-corrected chi connectivity index (χ4v) is 3.44. The van der Waals surface area contributed by atoms with Crippen LogP contribution >= 0.6 is 11.3 Å². The SMILES string of the molecule is CC(N)c1nc(C(=O)N2CCCC2c2ccncc2)cs1. The molecule has 21 heavy (non-hydrogen) atoms. The van der Waals surface area contributed by atoms with E-state index < -0.39 is 0 Å². The van der Waals surface area contributed by atoms with Crippen LogP contribution in [0.2, 0.25) is 0 Å². The molecule has 1 amide bonds. The first kappa shape index (κ1) is 14.2. The normalized spacial score (nSPS) is 19.7. The third-order valence-corrected chi connectivity index (χ3v) is 4.78. The Balaban J connectivity index is 1.83. The monoisotopic (exact) mass is 302 g/mol. The molecule has 0 bridgehead atoms. The van der Waals surface area contributed by atoms with Gasteiger partial charge in [0.2, 0.25) is 0 Å². The largest absolute Gasteiger partial charge is 0.330 e. The van der Waals surface area contributed by atoms with E-state index in [2.05, 4.69) is 9.97 Å². The molecule has 2 aromatic rings. The van der Waals surface area contributed by atoms with Gasteiger partial charge in [0.15, 0.2) is 0 Å². The van der Waals surface area contributed by atoms with Crippen molar-refractivity contribution in [1.29, 1.82) is 0 Å². The zero-order chi connectivity index (χ0) is 14.8. The molecule has 1 aliphatic rings. The van der Waals surface area contributed by atoms with Gasteiger partial charge in [-0.05, 0) is 37.5 Å². The van der Waals surface area contributed by atoms with Gasteiger partial charge in [-0.2, -0.15) is 0 Å². The standard InChI is InChI=1S/C15H18N4OS/c1-10(16)14-18-12(9-21-14)15(20)19-8-2-3-13(19)11-4-6-17-7-5-11/h4-7,9-10,13H,2-3,8,16H2,1H3. The Labute approximate surface area is 127 Å². The fraction of sp³-hybridized carbons (Fsp3) is 0.400. The predicted molar refractivity (Wildman–Crippen MR) is 82.0 cm³/mol. The van der Waals surface area contributed by atoms with Crippen LogP contribution in [0.5, 0.6) is 0 Å². The van der Waals surface area contributed by atoms with Crippen LogP contribution in [-0.4, -0.2) is 27.3 Å². The molecule has 0 saturated carbocycles. The van der Waals surface area contributed by atoms with Crippen molar-refractivity contribution in [3.8, 4) is 0 Å². The summed E-state index contributed by atoms with van der Waals surface area (Å²) >= 11 is 1.45. The maximum Gasteiger partial charge on any atom is 0.273 e. The third kappa shape index (κ3) is 2.82. The number of hydrogen-bond acceptors (Lipinski definition) is 5. The van der Waals surface area contributed by atoms with E-state index in [1.54, 1.807) is 12.4 Å². The third-order valence-electron chi connectivity index (χ3n) is 3.74. The van der Waals surface area contributed by atoms with Gasteiger partial charge in [-0.25, -0.2) is 4.98 Å². The Bertz CT molecular complexity index is 626. The molecule has 0 aromatic carbocycles. The summed E-state index contributed by atoms with van der Waals surface area (Å²) in [6, 6.07) is 3.95. The molecule has 2 atom stereocenters. The zero-order valence-electron chi connectivity index (χ0n) is 11.9. The van der Waals surface area contributed by atoms with Crippen molar-refractivity contribution in [2.24, 2.45) is 5.73 Å². The maximum absolute atomic E-state index is 12.7. The second-order valence-corrected chi connectivity index (χ2v) is 6.19. The first-order chi connectivity index (χ1) is 10.2. The van der Waals surface area contributed by atoms with Crippen molar-refractivity contribution in [1.82, 2.24) is 14.9 Å². The van der Waals surface area contributed by atoms with Crippen LogP contribution in [0.15, 0.2) is 29.9 Å². The summed E-state index contributed by atoms with van der Waals surface area (Å²) in [5.74, 6) is -0.00235. The summed E-state index contributed by atoms with van der Waals surface area (Å²) in [5.41, 5.74) is 7.46. The molecule has 0 spiro atoms.